The third-order valence-electron chi connectivity index (χ3n) is 6.07. The van der Waals surface area contributed by atoms with Gasteiger partial charge in [0.1, 0.15) is 11.5 Å². The minimum atomic E-state index is -0.373. The number of aliphatic hydroxyl groups excluding tert-OH is 2. The molecular formula is C22H26N6O3. The van der Waals surface area contributed by atoms with Crippen molar-refractivity contribution in [2.45, 2.75) is 25.0 Å². The smallest absolute Gasteiger partial charge is 0.274 e. The number of rotatable bonds is 4. The van der Waals surface area contributed by atoms with Crippen LogP contribution in [0.3, 0.4) is 0 Å². The highest BCUT2D eigenvalue weighted by Gasteiger charge is 2.25. The highest BCUT2D eigenvalue weighted by Crippen LogP contribution is 2.34. The Kier molecular flexibility index (Phi) is 4.99. The first-order chi connectivity index (χ1) is 15.0. The van der Waals surface area contributed by atoms with Gasteiger partial charge in [0.2, 0.25) is 0 Å². The van der Waals surface area contributed by atoms with Crippen LogP contribution in [-0.4, -0.2) is 69.3 Å². The summed E-state index contributed by atoms with van der Waals surface area (Å²) in [4.78, 5) is 21.7. The number of amides is 1. The molecule has 0 radical (unpaired) electrons. The standard InChI is InChI=1S/C22H26N6O3/c1-26-19-10-18(20(9-14(19)11-23-26)27-7-5-15(29)12-27)25-22(31)17-3-2-4-21(24-17)28-8-6-16(30)13-28/h2-4,9-11,15-16,29-30H,5-8,12-13H2,1H3,(H,25,31). The van der Waals surface area contributed by atoms with Crippen molar-refractivity contribution in [3.63, 3.8) is 0 Å². The van der Waals surface area contributed by atoms with Crippen LogP contribution in [0.1, 0.15) is 23.3 Å². The molecule has 162 valence electrons. The molecule has 1 aromatic carbocycles. The van der Waals surface area contributed by atoms with Gasteiger partial charge in [-0.25, -0.2) is 4.98 Å². The molecule has 2 saturated heterocycles. The zero-order chi connectivity index (χ0) is 21.5. The Bertz CT molecular complexity index is 1130. The van der Waals surface area contributed by atoms with E-state index in [0.29, 0.717) is 43.1 Å². The minimum absolute atomic E-state index is 0.302. The van der Waals surface area contributed by atoms with Crippen molar-refractivity contribution in [3.05, 3.63) is 42.2 Å². The highest BCUT2D eigenvalue weighted by molar-refractivity contribution is 6.06. The fourth-order valence-electron chi connectivity index (χ4n) is 4.37. The molecule has 2 aliphatic rings. The van der Waals surface area contributed by atoms with Crippen molar-refractivity contribution in [1.82, 2.24) is 14.8 Å². The van der Waals surface area contributed by atoms with Crippen molar-refractivity contribution >= 4 is 34.0 Å². The zero-order valence-electron chi connectivity index (χ0n) is 17.4. The van der Waals surface area contributed by atoms with Crippen LogP contribution in [0.25, 0.3) is 10.9 Å². The molecular weight excluding hydrogens is 396 g/mol. The molecule has 2 fully saturated rings. The van der Waals surface area contributed by atoms with Crippen LogP contribution in [0, 0.1) is 0 Å². The average Bonchev–Trinajstić information content (AvgIpc) is 3.48. The molecule has 2 aromatic heterocycles. The topological polar surface area (TPSA) is 107 Å². The molecule has 5 rings (SSSR count). The van der Waals surface area contributed by atoms with E-state index in [1.54, 1.807) is 16.9 Å². The number of aliphatic hydroxyl groups is 2. The number of nitrogens with one attached hydrogen (secondary N) is 1. The van der Waals surface area contributed by atoms with Gasteiger partial charge in [-0.3, -0.25) is 9.48 Å². The molecule has 3 aromatic rings. The summed E-state index contributed by atoms with van der Waals surface area (Å²) in [7, 11) is 1.86. The molecule has 2 aliphatic heterocycles. The number of aryl methyl sites for hydroxylation is 1. The lowest BCUT2D eigenvalue weighted by Gasteiger charge is -2.22. The quantitative estimate of drug-likeness (QED) is 0.583. The lowest BCUT2D eigenvalue weighted by atomic mass is 10.1. The predicted molar refractivity (Wildman–Crippen MR) is 119 cm³/mol. The second-order valence-corrected chi connectivity index (χ2v) is 8.31. The van der Waals surface area contributed by atoms with Crippen LogP contribution in [0.4, 0.5) is 17.2 Å². The van der Waals surface area contributed by atoms with Gasteiger partial charge >= 0.3 is 0 Å². The summed E-state index contributed by atoms with van der Waals surface area (Å²) in [5.74, 6) is 0.387. The fraction of sp³-hybridized carbons (Fsp3) is 0.409. The first-order valence-electron chi connectivity index (χ1n) is 10.6. The molecule has 1 amide bonds. The Morgan fingerprint density at radius 3 is 2.55 bits per heavy atom. The number of anilines is 3. The van der Waals surface area contributed by atoms with Crippen molar-refractivity contribution < 1.29 is 15.0 Å². The molecule has 0 aliphatic carbocycles. The number of hydrogen-bond donors (Lipinski definition) is 3. The number of benzene rings is 1. The number of pyridine rings is 1. The van der Waals surface area contributed by atoms with Crippen LogP contribution >= 0.6 is 0 Å². The Balaban J connectivity index is 1.45. The minimum Gasteiger partial charge on any atom is -0.391 e. The first kappa shape index (κ1) is 19.8. The molecule has 3 N–H and O–H groups in total. The monoisotopic (exact) mass is 422 g/mol. The van der Waals surface area contributed by atoms with E-state index in [0.717, 1.165) is 29.7 Å². The maximum absolute atomic E-state index is 13.1. The Morgan fingerprint density at radius 2 is 1.84 bits per heavy atom. The number of fused-ring (bicyclic) bond motifs is 1. The van der Waals surface area contributed by atoms with Gasteiger partial charge in [0.25, 0.3) is 5.91 Å². The normalized spacial score (nSPS) is 21.3. The SMILES string of the molecule is Cn1ncc2cc(N3CCC(O)C3)c(NC(=O)c3cccc(N4CCC(O)C4)n3)cc21. The third kappa shape index (κ3) is 3.82. The molecule has 9 nitrogen and oxygen atoms in total. The van der Waals surface area contributed by atoms with Gasteiger partial charge in [0.15, 0.2) is 0 Å². The highest BCUT2D eigenvalue weighted by atomic mass is 16.3. The largest absolute Gasteiger partial charge is 0.391 e. The van der Waals surface area contributed by atoms with Crippen molar-refractivity contribution in [2.75, 3.05) is 41.3 Å². The summed E-state index contributed by atoms with van der Waals surface area (Å²) in [5, 5.41) is 28.1. The maximum Gasteiger partial charge on any atom is 0.274 e. The number of carbonyl (C=O) groups excluding carboxylic acids is 1. The van der Waals surface area contributed by atoms with E-state index in [4.69, 9.17) is 0 Å². The molecule has 0 spiro atoms. The molecule has 0 bridgehead atoms. The lowest BCUT2D eigenvalue weighted by molar-refractivity contribution is 0.102. The maximum atomic E-state index is 13.1. The molecule has 4 heterocycles. The fourth-order valence-corrected chi connectivity index (χ4v) is 4.37. The second kappa shape index (κ2) is 7.82. The molecule has 0 saturated carbocycles. The van der Waals surface area contributed by atoms with E-state index >= 15 is 0 Å². The van der Waals surface area contributed by atoms with E-state index in [1.165, 1.54) is 0 Å². The number of β-amino-alcohol motifs (C(OH)–C–C–N with tert-alkyl or cyclic N) is 2. The predicted octanol–water partition coefficient (Wildman–Crippen LogP) is 1.36. The molecule has 9 heteroatoms. The van der Waals surface area contributed by atoms with Gasteiger partial charge in [-0.05, 0) is 37.1 Å². The molecule has 2 atom stereocenters. The Morgan fingerprint density at radius 1 is 1.10 bits per heavy atom. The summed E-state index contributed by atoms with van der Waals surface area (Å²) in [5.41, 5.74) is 2.76. The van der Waals surface area contributed by atoms with Crippen LogP contribution < -0.4 is 15.1 Å². The number of aromatic nitrogens is 3. The van der Waals surface area contributed by atoms with Crippen LogP contribution in [0.2, 0.25) is 0 Å². The van der Waals surface area contributed by atoms with Gasteiger partial charge in [-0.2, -0.15) is 5.10 Å². The number of carbonyl (C=O) groups is 1. The molecule has 2 unspecified atom stereocenters. The summed E-state index contributed by atoms with van der Waals surface area (Å²) in [6, 6.07) is 9.27. The van der Waals surface area contributed by atoms with E-state index in [9.17, 15) is 15.0 Å². The van der Waals surface area contributed by atoms with E-state index in [2.05, 4.69) is 20.3 Å². The summed E-state index contributed by atoms with van der Waals surface area (Å²) >= 11 is 0. The van der Waals surface area contributed by atoms with Crippen molar-refractivity contribution in [1.29, 1.82) is 0 Å². The van der Waals surface area contributed by atoms with E-state index < -0.39 is 0 Å². The van der Waals surface area contributed by atoms with Crippen molar-refractivity contribution in [3.8, 4) is 0 Å². The van der Waals surface area contributed by atoms with E-state index in [1.807, 2.05) is 36.2 Å². The Hall–Kier alpha value is -3.17. The van der Waals surface area contributed by atoms with Crippen molar-refractivity contribution in [2.24, 2.45) is 7.05 Å². The second-order valence-electron chi connectivity index (χ2n) is 8.31. The van der Waals surface area contributed by atoms with Gasteiger partial charge in [0, 0.05) is 38.6 Å². The van der Waals surface area contributed by atoms with Crippen LogP contribution in [0.5, 0.6) is 0 Å². The van der Waals surface area contributed by atoms with E-state index in [-0.39, 0.29) is 18.1 Å². The van der Waals surface area contributed by atoms with Gasteiger partial charge in [-0.15, -0.1) is 0 Å². The lowest BCUT2D eigenvalue weighted by Crippen LogP contribution is -2.25. The summed E-state index contributed by atoms with van der Waals surface area (Å²) < 4.78 is 1.77. The molecule has 31 heavy (non-hydrogen) atoms. The van der Waals surface area contributed by atoms with Gasteiger partial charge < -0.3 is 25.3 Å². The van der Waals surface area contributed by atoms with Gasteiger partial charge in [-0.1, -0.05) is 6.07 Å². The average molecular weight is 422 g/mol. The van der Waals surface area contributed by atoms with Crippen LogP contribution in [-0.2, 0) is 7.05 Å². The first-order valence-corrected chi connectivity index (χ1v) is 10.6. The summed E-state index contributed by atoms with van der Waals surface area (Å²) in [6.07, 6.45) is 2.47. The third-order valence-corrected chi connectivity index (χ3v) is 6.07. The summed E-state index contributed by atoms with van der Waals surface area (Å²) in [6.45, 7) is 2.50. The number of hydrogen-bond acceptors (Lipinski definition) is 7. The number of nitrogens with zero attached hydrogens (tertiary/aromatic N) is 5. The van der Waals surface area contributed by atoms with Crippen LogP contribution in [0.15, 0.2) is 36.5 Å². The van der Waals surface area contributed by atoms with Gasteiger partial charge in [0.05, 0.1) is 35.3 Å². The zero-order valence-corrected chi connectivity index (χ0v) is 17.4. The Labute approximate surface area is 179 Å².